The number of nitrogens with zero attached hydrogens (tertiary/aromatic N) is 3. The SMILES string of the molecule is CCCN(CCNCC)c1ccc(-c2cc(C=O)c(C)c(N(C)CC)c2)cn1. The largest absolute Gasteiger partial charge is 0.375 e. The van der Waals surface area contributed by atoms with Crippen LogP contribution >= 0.6 is 0 Å². The number of rotatable bonds is 11. The van der Waals surface area contributed by atoms with Crippen LogP contribution in [-0.2, 0) is 0 Å². The summed E-state index contributed by atoms with van der Waals surface area (Å²) in [5, 5.41) is 3.38. The molecule has 2 rings (SSSR count). The maximum absolute atomic E-state index is 11.6. The molecule has 0 amide bonds. The van der Waals surface area contributed by atoms with E-state index in [0.29, 0.717) is 0 Å². The summed E-state index contributed by atoms with van der Waals surface area (Å²) in [5.41, 5.74) is 4.89. The molecule has 1 aromatic carbocycles. The smallest absolute Gasteiger partial charge is 0.150 e. The summed E-state index contributed by atoms with van der Waals surface area (Å²) < 4.78 is 0. The molecular formula is C23H34N4O. The molecule has 0 radical (unpaired) electrons. The normalized spacial score (nSPS) is 10.8. The maximum Gasteiger partial charge on any atom is 0.150 e. The van der Waals surface area contributed by atoms with E-state index in [4.69, 9.17) is 4.98 Å². The van der Waals surface area contributed by atoms with E-state index >= 15 is 0 Å². The quantitative estimate of drug-likeness (QED) is 0.467. The predicted octanol–water partition coefficient (Wildman–Crippen LogP) is 4.15. The van der Waals surface area contributed by atoms with Crippen LogP contribution in [0.3, 0.4) is 0 Å². The third kappa shape index (κ3) is 5.32. The van der Waals surface area contributed by atoms with Gasteiger partial charge in [-0.2, -0.15) is 0 Å². The number of aromatic nitrogens is 1. The van der Waals surface area contributed by atoms with Crippen LogP contribution < -0.4 is 15.1 Å². The van der Waals surface area contributed by atoms with Crippen molar-refractivity contribution in [3.63, 3.8) is 0 Å². The maximum atomic E-state index is 11.6. The number of nitrogens with one attached hydrogen (secondary N) is 1. The number of aldehydes is 1. The minimum atomic E-state index is 0.732. The minimum Gasteiger partial charge on any atom is -0.375 e. The molecule has 0 aliphatic heterocycles. The number of benzene rings is 1. The summed E-state index contributed by atoms with van der Waals surface area (Å²) in [4.78, 5) is 20.8. The Kier molecular flexibility index (Phi) is 8.45. The van der Waals surface area contributed by atoms with Crippen LogP contribution in [0.25, 0.3) is 11.1 Å². The Bertz CT molecular complexity index is 758. The Balaban J connectivity index is 2.32. The Morgan fingerprint density at radius 1 is 1.11 bits per heavy atom. The molecule has 0 unspecified atom stereocenters. The Labute approximate surface area is 169 Å². The fraction of sp³-hybridized carbons (Fsp3) is 0.478. The van der Waals surface area contributed by atoms with Crippen molar-refractivity contribution in [3.05, 3.63) is 41.6 Å². The second kappa shape index (κ2) is 10.8. The second-order valence-corrected chi connectivity index (χ2v) is 7.09. The van der Waals surface area contributed by atoms with Crippen molar-refractivity contribution in [3.8, 4) is 11.1 Å². The van der Waals surface area contributed by atoms with Crippen LogP contribution in [0.5, 0.6) is 0 Å². The molecule has 0 aliphatic rings. The van der Waals surface area contributed by atoms with Gasteiger partial charge in [0.1, 0.15) is 12.1 Å². The zero-order valence-electron chi connectivity index (χ0n) is 18.0. The molecular weight excluding hydrogens is 348 g/mol. The van der Waals surface area contributed by atoms with Crippen molar-refractivity contribution in [2.24, 2.45) is 0 Å². The highest BCUT2D eigenvalue weighted by Crippen LogP contribution is 2.30. The lowest BCUT2D eigenvalue weighted by Crippen LogP contribution is -2.33. The summed E-state index contributed by atoms with van der Waals surface area (Å²) >= 11 is 0. The summed E-state index contributed by atoms with van der Waals surface area (Å²) in [6.45, 7) is 13.2. The number of carbonyl (C=O) groups excluding carboxylic acids is 1. The molecule has 0 fully saturated rings. The fourth-order valence-corrected chi connectivity index (χ4v) is 3.32. The molecule has 0 atom stereocenters. The van der Waals surface area contributed by atoms with Crippen molar-refractivity contribution in [2.75, 3.05) is 49.6 Å². The van der Waals surface area contributed by atoms with Crippen molar-refractivity contribution in [2.45, 2.75) is 34.1 Å². The molecule has 5 heteroatoms. The molecule has 0 bridgehead atoms. The zero-order valence-corrected chi connectivity index (χ0v) is 18.0. The molecule has 0 saturated heterocycles. The summed E-state index contributed by atoms with van der Waals surface area (Å²) in [5.74, 6) is 0.997. The van der Waals surface area contributed by atoms with E-state index in [-0.39, 0.29) is 0 Å². The Hall–Kier alpha value is -2.40. The number of carbonyl (C=O) groups is 1. The van der Waals surface area contributed by atoms with Crippen molar-refractivity contribution in [1.29, 1.82) is 0 Å². The first kappa shape index (κ1) is 21.9. The standard InChI is InChI=1S/C23H34N4O/c1-6-12-27(13-11-24-7-2)23-10-9-19(16-25-23)20-14-21(17-28)18(4)22(15-20)26(5)8-3/h9-10,14-17,24H,6-8,11-13H2,1-5H3. The van der Waals surface area contributed by atoms with Gasteiger partial charge in [0, 0.05) is 56.2 Å². The van der Waals surface area contributed by atoms with E-state index < -0.39 is 0 Å². The average Bonchev–Trinajstić information content (AvgIpc) is 2.73. The average molecular weight is 383 g/mol. The van der Waals surface area contributed by atoms with Crippen LogP contribution in [0.4, 0.5) is 11.5 Å². The molecule has 0 saturated carbocycles. The highest BCUT2D eigenvalue weighted by atomic mass is 16.1. The third-order valence-corrected chi connectivity index (χ3v) is 5.14. The number of anilines is 2. The highest BCUT2D eigenvalue weighted by Gasteiger charge is 2.12. The Morgan fingerprint density at radius 3 is 2.46 bits per heavy atom. The molecule has 0 aliphatic carbocycles. The molecule has 152 valence electrons. The third-order valence-electron chi connectivity index (χ3n) is 5.14. The minimum absolute atomic E-state index is 0.732. The van der Waals surface area contributed by atoms with Gasteiger partial charge in [0.15, 0.2) is 0 Å². The van der Waals surface area contributed by atoms with Gasteiger partial charge in [-0.05, 0) is 62.2 Å². The lowest BCUT2D eigenvalue weighted by molar-refractivity contribution is 0.112. The lowest BCUT2D eigenvalue weighted by atomic mass is 9.99. The van der Waals surface area contributed by atoms with Crippen molar-refractivity contribution >= 4 is 17.8 Å². The molecule has 28 heavy (non-hydrogen) atoms. The molecule has 1 heterocycles. The molecule has 5 nitrogen and oxygen atoms in total. The van der Waals surface area contributed by atoms with Crippen LogP contribution in [0, 0.1) is 6.92 Å². The summed E-state index contributed by atoms with van der Waals surface area (Å²) in [7, 11) is 2.05. The van der Waals surface area contributed by atoms with Gasteiger partial charge in [-0.25, -0.2) is 4.98 Å². The van der Waals surface area contributed by atoms with Crippen LogP contribution in [0.1, 0.15) is 43.1 Å². The summed E-state index contributed by atoms with van der Waals surface area (Å²) in [6, 6.07) is 8.30. The number of hydrogen-bond acceptors (Lipinski definition) is 5. The van der Waals surface area contributed by atoms with Crippen molar-refractivity contribution in [1.82, 2.24) is 10.3 Å². The topological polar surface area (TPSA) is 48.5 Å². The highest BCUT2D eigenvalue weighted by molar-refractivity contribution is 5.85. The number of likely N-dealkylation sites (N-methyl/N-ethyl adjacent to an activating group) is 1. The summed E-state index contributed by atoms with van der Waals surface area (Å²) in [6.07, 6.45) is 3.94. The van der Waals surface area contributed by atoms with Crippen LogP contribution in [0.15, 0.2) is 30.5 Å². The van der Waals surface area contributed by atoms with Gasteiger partial charge in [-0.3, -0.25) is 4.79 Å². The monoisotopic (exact) mass is 382 g/mol. The zero-order chi connectivity index (χ0) is 20.5. The molecule has 1 N–H and O–H groups in total. The molecule has 2 aromatic rings. The van der Waals surface area contributed by atoms with Crippen LogP contribution in [-0.4, -0.2) is 51.0 Å². The van der Waals surface area contributed by atoms with E-state index in [9.17, 15) is 4.79 Å². The van der Waals surface area contributed by atoms with E-state index in [1.165, 1.54) is 0 Å². The number of pyridine rings is 1. The van der Waals surface area contributed by atoms with Gasteiger partial charge >= 0.3 is 0 Å². The van der Waals surface area contributed by atoms with Crippen molar-refractivity contribution < 1.29 is 4.79 Å². The van der Waals surface area contributed by atoms with E-state index in [1.807, 2.05) is 19.2 Å². The fourth-order valence-electron chi connectivity index (χ4n) is 3.32. The van der Waals surface area contributed by atoms with Gasteiger partial charge in [0.05, 0.1) is 0 Å². The number of hydrogen-bond donors (Lipinski definition) is 1. The van der Waals surface area contributed by atoms with E-state index in [1.54, 1.807) is 0 Å². The van der Waals surface area contributed by atoms with Crippen LogP contribution in [0.2, 0.25) is 0 Å². The Morgan fingerprint density at radius 2 is 1.89 bits per heavy atom. The molecule has 1 aromatic heterocycles. The lowest BCUT2D eigenvalue weighted by Gasteiger charge is -2.24. The van der Waals surface area contributed by atoms with Gasteiger partial charge in [-0.15, -0.1) is 0 Å². The van der Waals surface area contributed by atoms with Gasteiger partial charge in [0.2, 0.25) is 0 Å². The molecule has 0 spiro atoms. The first-order valence-corrected chi connectivity index (χ1v) is 10.3. The second-order valence-electron chi connectivity index (χ2n) is 7.09. The van der Waals surface area contributed by atoms with Gasteiger partial charge < -0.3 is 15.1 Å². The van der Waals surface area contributed by atoms with E-state index in [0.717, 1.165) is 79.2 Å². The van der Waals surface area contributed by atoms with Gasteiger partial charge in [0.25, 0.3) is 0 Å². The first-order valence-electron chi connectivity index (χ1n) is 10.3. The first-order chi connectivity index (χ1) is 13.5. The predicted molar refractivity (Wildman–Crippen MR) is 120 cm³/mol. The van der Waals surface area contributed by atoms with E-state index in [2.05, 4.69) is 61.1 Å². The van der Waals surface area contributed by atoms with Gasteiger partial charge in [-0.1, -0.05) is 13.8 Å².